The van der Waals surface area contributed by atoms with Crippen molar-refractivity contribution in [1.82, 2.24) is 9.80 Å². The van der Waals surface area contributed by atoms with E-state index in [1.54, 1.807) is 6.07 Å². The molecule has 0 spiro atoms. The largest absolute Gasteiger partial charge is 0.305 e. The monoisotopic (exact) mass is 326 g/mol. The summed E-state index contributed by atoms with van der Waals surface area (Å²) in [4.78, 5) is 4.23. The predicted molar refractivity (Wildman–Crippen MR) is 85.0 cm³/mol. The summed E-state index contributed by atoms with van der Waals surface area (Å²) in [6, 6.07) is 4.91. The number of rotatable bonds is 3. The molecule has 6 heteroatoms. The number of hydrogen-bond donors (Lipinski definition) is 0. The molecule has 2 aliphatic rings. The Labute approximate surface area is 131 Å². The van der Waals surface area contributed by atoms with E-state index < -0.39 is 9.84 Å². The van der Waals surface area contributed by atoms with Gasteiger partial charge in [-0.1, -0.05) is 6.07 Å². The summed E-state index contributed by atoms with van der Waals surface area (Å²) in [5.74, 6) is 0.231. The summed E-state index contributed by atoms with van der Waals surface area (Å²) in [5, 5.41) is -0.249. The fourth-order valence-corrected chi connectivity index (χ4v) is 6.36. The number of hydrogen-bond acceptors (Lipinski definition) is 4. The first-order valence-electron chi connectivity index (χ1n) is 7.63. The van der Waals surface area contributed by atoms with Gasteiger partial charge in [0, 0.05) is 31.6 Å². The summed E-state index contributed by atoms with van der Waals surface area (Å²) in [6.07, 6.45) is 0. The van der Waals surface area contributed by atoms with Crippen molar-refractivity contribution in [2.24, 2.45) is 5.92 Å². The second-order valence-corrected chi connectivity index (χ2v) is 9.09. The molecule has 0 bridgehead atoms. The Morgan fingerprint density at radius 2 is 2.05 bits per heavy atom. The molecule has 1 aromatic carbocycles. The minimum Gasteiger partial charge on any atom is -0.305 e. The highest BCUT2D eigenvalue weighted by Crippen LogP contribution is 2.36. The molecule has 0 saturated carbocycles. The third-order valence-electron chi connectivity index (χ3n) is 5.11. The average Bonchev–Trinajstić information content (AvgIpc) is 2.92. The molecule has 3 rings (SSSR count). The number of sulfone groups is 1. The molecule has 2 fully saturated rings. The topological polar surface area (TPSA) is 40.6 Å². The van der Waals surface area contributed by atoms with Gasteiger partial charge in [0.2, 0.25) is 0 Å². The summed E-state index contributed by atoms with van der Waals surface area (Å²) in [6.45, 7) is 3.97. The van der Waals surface area contributed by atoms with Crippen molar-refractivity contribution >= 4 is 9.84 Å². The van der Waals surface area contributed by atoms with Crippen LogP contribution in [0.5, 0.6) is 0 Å². The summed E-state index contributed by atoms with van der Waals surface area (Å²) in [7, 11) is 0.904. The van der Waals surface area contributed by atoms with Crippen LogP contribution in [0.4, 0.5) is 4.39 Å². The molecule has 2 aliphatic heterocycles. The number of benzene rings is 1. The molecule has 2 saturated heterocycles. The molecule has 3 atom stereocenters. The van der Waals surface area contributed by atoms with E-state index in [1.165, 1.54) is 12.1 Å². The fraction of sp³-hybridized carbons (Fsp3) is 0.625. The van der Waals surface area contributed by atoms with Gasteiger partial charge in [0.05, 0.1) is 11.0 Å². The van der Waals surface area contributed by atoms with Gasteiger partial charge in [0.15, 0.2) is 9.84 Å². The van der Waals surface area contributed by atoms with Crippen molar-refractivity contribution in [1.29, 1.82) is 0 Å². The van der Waals surface area contributed by atoms with Crippen LogP contribution in [-0.4, -0.2) is 62.4 Å². The van der Waals surface area contributed by atoms with Gasteiger partial charge in [-0.25, -0.2) is 12.8 Å². The Bertz CT molecular complexity index is 675. The summed E-state index contributed by atoms with van der Waals surface area (Å²) < 4.78 is 37.9. The Balaban J connectivity index is 1.77. The number of likely N-dealkylation sites (tertiary alicyclic amines) is 1. The molecule has 0 N–H and O–H groups in total. The van der Waals surface area contributed by atoms with Crippen molar-refractivity contribution in [3.8, 4) is 0 Å². The van der Waals surface area contributed by atoms with Crippen LogP contribution < -0.4 is 0 Å². The molecule has 0 amide bonds. The van der Waals surface area contributed by atoms with Crippen molar-refractivity contribution in [3.63, 3.8) is 0 Å². The van der Waals surface area contributed by atoms with Gasteiger partial charge in [0.1, 0.15) is 5.82 Å². The third kappa shape index (κ3) is 2.79. The molecule has 22 heavy (non-hydrogen) atoms. The van der Waals surface area contributed by atoms with E-state index in [0.29, 0.717) is 13.1 Å². The van der Waals surface area contributed by atoms with Crippen LogP contribution in [0.15, 0.2) is 18.2 Å². The van der Waals surface area contributed by atoms with E-state index in [-0.39, 0.29) is 28.8 Å². The molecule has 122 valence electrons. The molecule has 0 aliphatic carbocycles. The van der Waals surface area contributed by atoms with Gasteiger partial charge in [-0.3, -0.25) is 4.90 Å². The lowest BCUT2D eigenvalue weighted by molar-refractivity contribution is 0.229. The van der Waals surface area contributed by atoms with Crippen LogP contribution in [0.2, 0.25) is 0 Å². The molecule has 4 nitrogen and oxygen atoms in total. The number of aryl methyl sites for hydroxylation is 1. The normalized spacial score (nSPS) is 30.9. The Morgan fingerprint density at radius 3 is 2.68 bits per heavy atom. The lowest BCUT2D eigenvalue weighted by Gasteiger charge is -2.25. The van der Waals surface area contributed by atoms with E-state index in [9.17, 15) is 12.8 Å². The fourth-order valence-electron chi connectivity index (χ4n) is 3.85. The molecule has 2 heterocycles. The SMILES string of the molecule is Cc1cc(F)ccc1CN1C[C@H]2[C@H](N(C)C)CS(=O)(=O)[C@H]2C1. The zero-order valence-corrected chi connectivity index (χ0v) is 14.1. The first kappa shape index (κ1) is 15.9. The van der Waals surface area contributed by atoms with Crippen LogP contribution in [0.3, 0.4) is 0 Å². The second kappa shape index (κ2) is 5.58. The first-order valence-corrected chi connectivity index (χ1v) is 9.35. The lowest BCUT2D eigenvalue weighted by atomic mass is 10.00. The highest BCUT2D eigenvalue weighted by atomic mass is 32.2. The van der Waals surface area contributed by atoms with E-state index in [0.717, 1.165) is 17.7 Å². The molecule has 0 radical (unpaired) electrons. The molecule has 0 unspecified atom stereocenters. The second-order valence-electron chi connectivity index (χ2n) is 6.83. The van der Waals surface area contributed by atoms with Gasteiger partial charge in [-0.2, -0.15) is 0 Å². The van der Waals surface area contributed by atoms with Gasteiger partial charge in [0.25, 0.3) is 0 Å². The Kier molecular flexibility index (Phi) is 4.03. The minimum atomic E-state index is -3.00. The average molecular weight is 326 g/mol. The van der Waals surface area contributed by atoms with Crippen molar-refractivity contribution in [3.05, 3.63) is 35.1 Å². The van der Waals surface area contributed by atoms with Crippen LogP contribution in [-0.2, 0) is 16.4 Å². The van der Waals surface area contributed by atoms with Crippen LogP contribution in [0.25, 0.3) is 0 Å². The first-order chi connectivity index (χ1) is 10.3. The quantitative estimate of drug-likeness (QED) is 0.839. The third-order valence-corrected chi connectivity index (χ3v) is 7.33. The predicted octanol–water partition coefficient (Wildman–Crippen LogP) is 1.29. The van der Waals surface area contributed by atoms with Crippen molar-refractivity contribution in [2.75, 3.05) is 32.9 Å². The number of fused-ring (bicyclic) bond motifs is 1. The van der Waals surface area contributed by atoms with Crippen molar-refractivity contribution < 1.29 is 12.8 Å². The van der Waals surface area contributed by atoms with E-state index >= 15 is 0 Å². The zero-order valence-electron chi connectivity index (χ0n) is 13.3. The maximum atomic E-state index is 13.2. The highest BCUT2D eigenvalue weighted by molar-refractivity contribution is 7.92. The molecular formula is C16H23FN2O2S. The van der Waals surface area contributed by atoms with Crippen molar-refractivity contribution in [2.45, 2.75) is 24.8 Å². The van der Waals surface area contributed by atoms with Crippen LogP contribution >= 0.6 is 0 Å². The van der Waals surface area contributed by atoms with Gasteiger partial charge in [-0.15, -0.1) is 0 Å². The number of nitrogens with zero attached hydrogens (tertiary/aromatic N) is 2. The standard InChI is InChI=1S/C16H23FN2O2S/c1-11-6-13(17)5-4-12(11)7-19-8-14-15(18(2)3)10-22(20,21)16(14)9-19/h4-6,14-16H,7-10H2,1-3H3/t14-,15+,16-/m0/s1. The summed E-state index contributed by atoms with van der Waals surface area (Å²) >= 11 is 0. The maximum Gasteiger partial charge on any atom is 0.156 e. The molecule has 0 aromatic heterocycles. The Morgan fingerprint density at radius 1 is 1.32 bits per heavy atom. The van der Waals surface area contributed by atoms with Gasteiger partial charge < -0.3 is 4.90 Å². The van der Waals surface area contributed by atoms with E-state index in [1.807, 2.05) is 25.9 Å². The molecule has 1 aromatic rings. The van der Waals surface area contributed by atoms with Crippen LogP contribution in [0.1, 0.15) is 11.1 Å². The number of halogens is 1. The van der Waals surface area contributed by atoms with Crippen LogP contribution in [0, 0.1) is 18.7 Å². The maximum absolute atomic E-state index is 13.2. The van der Waals surface area contributed by atoms with E-state index in [4.69, 9.17) is 0 Å². The smallest absolute Gasteiger partial charge is 0.156 e. The van der Waals surface area contributed by atoms with E-state index in [2.05, 4.69) is 4.90 Å². The van der Waals surface area contributed by atoms with Gasteiger partial charge >= 0.3 is 0 Å². The Hall–Kier alpha value is -0.980. The molecular weight excluding hydrogens is 303 g/mol. The zero-order chi connectivity index (χ0) is 16.1. The summed E-state index contributed by atoms with van der Waals surface area (Å²) in [5.41, 5.74) is 1.99. The highest BCUT2D eigenvalue weighted by Gasteiger charge is 2.52. The lowest BCUT2D eigenvalue weighted by Crippen LogP contribution is -2.37. The minimum absolute atomic E-state index is 0.106. The van der Waals surface area contributed by atoms with Gasteiger partial charge in [-0.05, 0) is 44.3 Å².